The minimum Gasteiger partial charge on any atom is -0.478 e. The molecule has 2 aromatic rings. The maximum atomic E-state index is 10.7. The molecular weight excluding hydrogens is 250 g/mol. The van der Waals surface area contributed by atoms with Gasteiger partial charge in [0.15, 0.2) is 5.58 Å². The number of aromatic carboxylic acids is 1. The van der Waals surface area contributed by atoms with E-state index in [1.54, 1.807) is 0 Å². The zero-order valence-electron chi connectivity index (χ0n) is 6.95. The first-order chi connectivity index (χ1) is 6.59. The summed E-state index contributed by atoms with van der Waals surface area (Å²) in [6, 6.07) is 2.89. The van der Waals surface area contributed by atoms with E-state index in [1.165, 1.54) is 18.4 Å². The number of hydrogen-bond donors (Lipinski definition) is 2. The number of nitrogen functional groups attached to an aromatic ring is 1. The van der Waals surface area contributed by atoms with Gasteiger partial charge in [-0.25, -0.2) is 4.79 Å². The molecule has 5 heteroatoms. The van der Waals surface area contributed by atoms with Gasteiger partial charge in [0.1, 0.15) is 6.26 Å². The average molecular weight is 256 g/mol. The van der Waals surface area contributed by atoms with Crippen molar-refractivity contribution in [1.29, 1.82) is 0 Å². The van der Waals surface area contributed by atoms with E-state index in [0.29, 0.717) is 21.1 Å². The number of carboxylic acids is 1. The van der Waals surface area contributed by atoms with Gasteiger partial charge in [-0.3, -0.25) is 0 Å². The Kier molecular flexibility index (Phi) is 1.96. The summed E-state index contributed by atoms with van der Waals surface area (Å²) in [6.07, 6.45) is 1.48. The normalized spacial score (nSPS) is 10.6. The van der Waals surface area contributed by atoms with Gasteiger partial charge in [0.2, 0.25) is 0 Å². The predicted molar refractivity (Wildman–Crippen MR) is 55.3 cm³/mol. The van der Waals surface area contributed by atoms with Gasteiger partial charge in [0, 0.05) is 5.39 Å². The second kappa shape index (κ2) is 3.02. The summed E-state index contributed by atoms with van der Waals surface area (Å²) in [5.41, 5.74) is 6.61. The van der Waals surface area contributed by atoms with Gasteiger partial charge in [-0.05, 0) is 28.1 Å². The standard InChI is InChI=1S/C9H6BrNO3/c10-6-3-14-8-5(6)1-4(9(12)13)2-7(8)11/h1-3H,11H2,(H,12,13). The Morgan fingerprint density at radius 3 is 2.86 bits per heavy atom. The second-order valence-corrected chi connectivity index (χ2v) is 3.69. The van der Waals surface area contributed by atoms with E-state index in [1.807, 2.05) is 0 Å². The lowest BCUT2D eigenvalue weighted by Crippen LogP contribution is -1.97. The molecular formula is C9H6BrNO3. The Morgan fingerprint density at radius 2 is 2.21 bits per heavy atom. The van der Waals surface area contributed by atoms with Crippen LogP contribution in [0.5, 0.6) is 0 Å². The molecule has 0 saturated carbocycles. The van der Waals surface area contributed by atoms with Crippen LogP contribution in [0.25, 0.3) is 11.0 Å². The Labute approximate surface area is 87.4 Å². The van der Waals surface area contributed by atoms with Crippen molar-refractivity contribution in [3.63, 3.8) is 0 Å². The van der Waals surface area contributed by atoms with Crippen LogP contribution in [0.3, 0.4) is 0 Å². The highest BCUT2D eigenvalue weighted by atomic mass is 79.9. The summed E-state index contributed by atoms with van der Waals surface area (Å²) >= 11 is 3.24. The molecule has 0 fully saturated rings. The third-order valence-corrected chi connectivity index (χ3v) is 2.52. The first-order valence-electron chi connectivity index (χ1n) is 3.79. The van der Waals surface area contributed by atoms with E-state index in [9.17, 15) is 4.79 Å². The number of carbonyl (C=O) groups is 1. The van der Waals surface area contributed by atoms with E-state index in [0.717, 1.165) is 0 Å². The molecule has 1 aromatic heterocycles. The Balaban J connectivity index is 2.82. The monoisotopic (exact) mass is 255 g/mol. The maximum absolute atomic E-state index is 10.7. The molecule has 0 unspecified atom stereocenters. The average Bonchev–Trinajstić information content (AvgIpc) is 2.48. The number of benzene rings is 1. The lowest BCUT2D eigenvalue weighted by atomic mass is 10.1. The fourth-order valence-corrected chi connectivity index (χ4v) is 1.65. The number of furan rings is 1. The number of halogens is 1. The zero-order chi connectivity index (χ0) is 10.3. The van der Waals surface area contributed by atoms with Crippen LogP contribution in [0, 0.1) is 0 Å². The third kappa shape index (κ3) is 1.26. The Bertz CT molecular complexity index is 518. The minimum atomic E-state index is -1.01. The molecule has 0 aliphatic carbocycles. The molecule has 14 heavy (non-hydrogen) atoms. The molecule has 0 spiro atoms. The van der Waals surface area contributed by atoms with E-state index < -0.39 is 5.97 Å². The van der Waals surface area contributed by atoms with Crippen molar-refractivity contribution in [2.75, 3.05) is 5.73 Å². The topological polar surface area (TPSA) is 76.5 Å². The highest BCUT2D eigenvalue weighted by Crippen LogP contribution is 2.31. The molecule has 0 radical (unpaired) electrons. The van der Waals surface area contributed by atoms with Crippen LogP contribution in [0.1, 0.15) is 10.4 Å². The molecule has 1 aromatic carbocycles. The SMILES string of the molecule is Nc1cc(C(=O)O)cc2c(Br)coc12. The molecule has 0 bridgehead atoms. The fourth-order valence-electron chi connectivity index (χ4n) is 1.26. The van der Waals surface area contributed by atoms with Crippen LogP contribution in [0.2, 0.25) is 0 Å². The van der Waals surface area contributed by atoms with Crippen LogP contribution in [-0.4, -0.2) is 11.1 Å². The summed E-state index contributed by atoms with van der Waals surface area (Å²) < 4.78 is 5.85. The third-order valence-electron chi connectivity index (χ3n) is 1.90. The number of hydrogen-bond acceptors (Lipinski definition) is 3. The quantitative estimate of drug-likeness (QED) is 0.768. The summed E-state index contributed by atoms with van der Waals surface area (Å²) in [5, 5.41) is 9.46. The molecule has 72 valence electrons. The van der Waals surface area contributed by atoms with Crippen molar-refractivity contribution in [3.05, 3.63) is 28.4 Å². The van der Waals surface area contributed by atoms with Crippen molar-refractivity contribution in [2.24, 2.45) is 0 Å². The van der Waals surface area contributed by atoms with Crippen molar-refractivity contribution < 1.29 is 14.3 Å². The summed E-state index contributed by atoms with van der Waals surface area (Å²) in [4.78, 5) is 10.7. The van der Waals surface area contributed by atoms with Gasteiger partial charge in [-0.15, -0.1) is 0 Å². The maximum Gasteiger partial charge on any atom is 0.335 e. The molecule has 0 atom stereocenters. The Morgan fingerprint density at radius 1 is 1.50 bits per heavy atom. The van der Waals surface area contributed by atoms with Crippen molar-refractivity contribution in [2.45, 2.75) is 0 Å². The highest BCUT2D eigenvalue weighted by Gasteiger charge is 2.11. The summed E-state index contributed by atoms with van der Waals surface area (Å²) in [6.45, 7) is 0. The number of carboxylic acid groups (broad SMARTS) is 1. The highest BCUT2D eigenvalue weighted by molar-refractivity contribution is 9.10. The van der Waals surface area contributed by atoms with Gasteiger partial charge in [0.25, 0.3) is 0 Å². The number of rotatable bonds is 1. The van der Waals surface area contributed by atoms with Gasteiger partial charge in [-0.1, -0.05) is 0 Å². The molecule has 3 N–H and O–H groups in total. The predicted octanol–water partition coefficient (Wildman–Crippen LogP) is 2.48. The van der Waals surface area contributed by atoms with Crippen LogP contribution in [0.4, 0.5) is 5.69 Å². The molecule has 0 aliphatic heterocycles. The van der Waals surface area contributed by atoms with E-state index in [2.05, 4.69) is 15.9 Å². The van der Waals surface area contributed by atoms with Gasteiger partial charge in [0.05, 0.1) is 15.7 Å². The van der Waals surface area contributed by atoms with E-state index in [-0.39, 0.29) is 5.56 Å². The molecule has 1 heterocycles. The molecule has 2 rings (SSSR count). The van der Waals surface area contributed by atoms with E-state index in [4.69, 9.17) is 15.3 Å². The number of fused-ring (bicyclic) bond motifs is 1. The smallest absolute Gasteiger partial charge is 0.335 e. The second-order valence-electron chi connectivity index (χ2n) is 2.83. The fraction of sp³-hybridized carbons (Fsp3) is 0. The molecule has 0 amide bonds. The van der Waals surface area contributed by atoms with Crippen LogP contribution < -0.4 is 5.73 Å². The lowest BCUT2D eigenvalue weighted by Gasteiger charge is -1.98. The van der Waals surface area contributed by atoms with Crippen LogP contribution >= 0.6 is 15.9 Å². The number of anilines is 1. The van der Waals surface area contributed by atoms with E-state index >= 15 is 0 Å². The molecule has 0 saturated heterocycles. The Hall–Kier alpha value is -1.49. The van der Waals surface area contributed by atoms with Crippen LogP contribution in [0.15, 0.2) is 27.3 Å². The lowest BCUT2D eigenvalue weighted by molar-refractivity contribution is 0.0697. The van der Waals surface area contributed by atoms with Crippen molar-refractivity contribution in [3.8, 4) is 0 Å². The molecule has 0 aliphatic rings. The van der Waals surface area contributed by atoms with Crippen LogP contribution in [-0.2, 0) is 0 Å². The first kappa shape index (κ1) is 9.08. The zero-order valence-corrected chi connectivity index (χ0v) is 8.54. The largest absolute Gasteiger partial charge is 0.478 e. The van der Waals surface area contributed by atoms with Crippen molar-refractivity contribution >= 4 is 38.6 Å². The van der Waals surface area contributed by atoms with Crippen molar-refractivity contribution in [1.82, 2.24) is 0 Å². The minimum absolute atomic E-state index is 0.150. The summed E-state index contributed by atoms with van der Waals surface area (Å²) in [7, 11) is 0. The number of nitrogens with two attached hydrogens (primary N) is 1. The van der Waals surface area contributed by atoms with Gasteiger partial charge >= 0.3 is 5.97 Å². The molecule has 4 nitrogen and oxygen atoms in total. The summed E-state index contributed by atoms with van der Waals surface area (Å²) in [5.74, 6) is -1.01. The van der Waals surface area contributed by atoms with Gasteiger partial charge < -0.3 is 15.3 Å². The van der Waals surface area contributed by atoms with Gasteiger partial charge in [-0.2, -0.15) is 0 Å². The first-order valence-corrected chi connectivity index (χ1v) is 4.58.